The summed E-state index contributed by atoms with van der Waals surface area (Å²) in [5, 5.41) is 21.3. The Morgan fingerprint density at radius 2 is 1.84 bits per heavy atom. The molecule has 2 rings (SSSR count). The number of benzene rings is 1. The van der Waals surface area contributed by atoms with Gasteiger partial charge in [-0.1, -0.05) is 24.3 Å². The Morgan fingerprint density at radius 3 is 2.32 bits per heavy atom. The van der Waals surface area contributed by atoms with Crippen molar-refractivity contribution in [2.45, 2.75) is 13.0 Å². The minimum Gasteiger partial charge on any atom is -0.550 e. The fourth-order valence-corrected chi connectivity index (χ4v) is 2.05. The maximum absolute atomic E-state index is 11.6. The molecule has 1 atom stereocenters. The summed E-state index contributed by atoms with van der Waals surface area (Å²) in [6, 6.07) is 5.93. The van der Waals surface area contributed by atoms with Gasteiger partial charge in [0.25, 0.3) is 0 Å². The van der Waals surface area contributed by atoms with Crippen LogP contribution >= 0.6 is 0 Å². The van der Waals surface area contributed by atoms with Crippen LogP contribution in [0.4, 0.5) is 0 Å². The Morgan fingerprint density at radius 1 is 1.21 bits per heavy atom. The minimum absolute atomic E-state index is 0.0422. The van der Waals surface area contributed by atoms with Gasteiger partial charge in [0.05, 0.1) is 5.97 Å². The van der Waals surface area contributed by atoms with E-state index < -0.39 is 17.9 Å². The van der Waals surface area contributed by atoms with Crippen LogP contribution in [0.15, 0.2) is 24.3 Å². The van der Waals surface area contributed by atoms with Gasteiger partial charge in [-0.25, -0.2) is 0 Å². The fraction of sp³-hybridized carbons (Fsp3) is 0.308. The summed E-state index contributed by atoms with van der Waals surface area (Å²) < 4.78 is 0. The molecule has 6 nitrogen and oxygen atoms in total. The molecule has 0 aromatic heterocycles. The number of nitrogens with zero attached hydrogens (tertiary/aromatic N) is 1. The standard InChI is InChI=1S/C13H13NO5/c15-11-5-10(13(18)19)7-14(11)6-8-1-3-9(4-2-8)12(16)17/h1-4,10H,5-7H2,(H,16,17)(H,18,19)/p-2/t10-/m0/s1. The van der Waals surface area contributed by atoms with Crippen molar-refractivity contribution in [1.29, 1.82) is 0 Å². The third-order valence-electron chi connectivity index (χ3n) is 3.11. The zero-order chi connectivity index (χ0) is 14.0. The SMILES string of the molecule is O=C([O-])c1ccc(CN2C[C@@H](C(=O)[O-])CC2=O)cc1. The highest BCUT2D eigenvalue weighted by Crippen LogP contribution is 2.19. The van der Waals surface area contributed by atoms with E-state index in [1.807, 2.05) is 0 Å². The molecule has 0 saturated carbocycles. The van der Waals surface area contributed by atoms with E-state index in [9.17, 15) is 24.6 Å². The van der Waals surface area contributed by atoms with E-state index in [-0.39, 0.29) is 31.0 Å². The lowest BCUT2D eigenvalue weighted by atomic mass is 10.1. The van der Waals surface area contributed by atoms with Crippen molar-refractivity contribution in [3.05, 3.63) is 35.4 Å². The van der Waals surface area contributed by atoms with Crippen molar-refractivity contribution in [3.63, 3.8) is 0 Å². The molecule has 1 amide bonds. The molecule has 1 aromatic carbocycles. The van der Waals surface area contributed by atoms with Crippen molar-refractivity contribution < 1.29 is 24.6 Å². The molecule has 1 heterocycles. The van der Waals surface area contributed by atoms with Crippen LogP contribution in [0.2, 0.25) is 0 Å². The molecule has 1 fully saturated rings. The molecular formula is C13H11NO5-2. The van der Waals surface area contributed by atoms with Crippen LogP contribution in [0.25, 0.3) is 0 Å². The van der Waals surface area contributed by atoms with Gasteiger partial charge in [0.1, 0.15) is 0 Å². The first-order valence-corrected chi connectivity index (χ1v) is 5.76. The van der Waals surface area contributed by atoms with Crippen LogP contribution in [0.1, 0.15) is 22.3 Å². The van der Waals surface area contributed by atoms with Crippen molar-refractivity contribution in [2.24, 2.45) is 5.92 Å². The van der Waals surface area contributed by atoms with Gasteiger partial charge in [0.2, 0.25) is 5.91 Å². The molecule has 0 unspecified atom stereocenters. The zero-order valence-electron chi connectivity index (χ0n) is 10.00. The summed E-state index contributed by atoms with van der Waals surface area (Å²) in [6.07, 6.45) is -0.0422. The molecule has 1 aliphatic rings. The normalized spacial score (nSPS) is 18.6. The van der Waals surface area contributed by atoms with E-state index in [0.29, 0.717) is 0 Å². The third kappa shape index (κ3) is 2.90. The Kier molecular flexibility index (Phi) is 3.50. The summed E-state index contributed by atoms with van der Waals surface area (Å²) in [5.41, 5.74) is 0.793. The number of hydrogen-bond donors (Lipinski definition) is 0. The van der Waals surface area contributed by atoms with E-state index in [0.717, 1.165) is 5.56 Å². The molecular weight excluding hydrogens is 250 g/mol. The summed E-state index contributed by atoms with van der Waals surface area (Å²) in [4.78, 5) is 34.3. The maximum Gasteiger partial charge on any atom is 0.223 e. The monoisotopic (exact) mass is 261 g/mol. The average molecular weight is 261 g/mol. The highest BCUT2D eigenvalue weighted by molar-refractivity contribution is 5.86. The quantitative estimate of drug-likeness (QED) is 0.633. The van der Waals surface area contributed by atoms with Crippen molar-refractivity contribution in [3.8, 4) is 0 Å². The van der Waals surface area contributed by atoms with Crippen molar-refractivity contribution in [2.75, 3.05) is 6.54 Å². The molecule has 100 valence electrons. The predicted molar refractivity (Wildman–Crippen MR) is 59.3 cm³/mol. The number of rotatable bonds is 4. The number of hydrogen-bond acceptors (Lipinski definition) is 5. The van der Waals surface area contributed by atoms with E-state index in [4.69, 9.17) is 0 Å². The maximum atomic E-state index is 11.6. The zero-order valence-corrected chi connectivity index (χ0v) is 10.00. The minimum atomic E-state index is -1.26. The number of aromatic carboxylic acids is 1. The fourth-order valence-electron chi connectivity index (χ4n) is 2.05. The number of carbonyl (C=O) groups excluding carboxylic acids is 3. The van der Waals surface area contributed by atoms with Crippen LogP contribution in [0.5, 0.6) is 0 Å². The Balaban J connectivity index is 2.03. The van der Waals surface area contributed by atoms with Gasteiger partial charge < -0.3 is 24.7 Å². The molecule has 6 heteroatoms. The van der Waals surface area contributed by atoms with Gasteiger partial charge >= 0.3 is 0 Å². The smallest absolute Gasteiger partial charge is 0.223 e. The highest BCUT2D eigenvalue weighted by atomic mass is 16.4. The molecule has 1 saturated heterocycles. The highest BCUT2D eigenvalue weighted by Gasteiger charge is 2.30. The predicted octanol–water partition coefficient (Wildman–Crippen LogP) is -1.85. The number of likely N-dealkylation sites (tertiary alicyclic amines) is 1. The Bertz CT molecular complexity index is 522. The first-order valence-electron chi connectivity index (χ1n) is 5.76. The average Bonchev–Trinajstić information content (AvgIpc) is 2.72. The molecule has 0 N–H and O–H groups in total. The van der Waals surface area contributed by atoms with E-state index in [2.05, 4.69) is 0 Å². The second-order valence-electron chi connectivity index (χ2n) is 4.48. The summed E-state index contributed by atoms with van der Waals surface area (Å²) in [5.74, 6) is -3.49. The molecule has 1 aromatic rings. The Labute approximate surface area is 109 Å². The van der Waals surface area contributed by atoms with Crippen molar-refractivity contribution in [1.82, 2.24) is 4.90 Å². The lowest BCUT2D eigenvalue weighted by molar-refractivity contribution is -0.311. The lowest BCUT2D eigenvalue weighted by Crippen LogP contribution is -2.33. The summed E-state index contributed by atoms with van der Waals surface area (Å²) in [6.45, 7) is 0.388. The second kappa shape index (κ2) is 5.09. The van der Waals surface area contributed by atoms with Crippen LogP contribution in [-0.4, -0.2) is 29.3 Å². The third-order valence-corrected chi connectivity index (χ3v) is 3.11. The molecule has 0 aliphatic carbocycles. The molecule has 1 aliphatic heterocycles. The first-order chi connectivity index (χ1) is 8.97. The number of aliphatic carboxylic acids is 1. The Hall–Kier alpha value is -2.37. The van der Waals surface area contributed by atoms with E-state index >= 15 is 0 Å². The van der Waals surface area contributed by atoms with E-state index in [1.54, 1.807) is 12.1 Å². The lowest BCUT2D eigenvalue weighted by Gasteiger charge is -2.17. The van der Waals surface area contributed by atoms with Crippen LogP contribution in [0.3, 0.4) is 0 Å². The van der Waals surface area contributed by atoms with E-state index in [1.165, 1.54) is 17.0 Å². The van der Waals surface area contributed by atoms with Gasteiger partial charge in [-0.05, 0) is 11.1 Å². The van der Waals surface area contributed by atoms with Crippen LogP contribution < -0.4 is 10.2 Å². The van der Waals surface area contributed by atoms with Gasteiger partial charge in [-0.15, -0.1) is 0 Å². The van der Waals surface area contributed by atoms with Gasteiger partial charge in [-0.2, -0.15) is 0 Å². The number of carbonyl (C=O) groups is 3. The molecule has 19 heavy (non-hydrogen) atoms. The topological polar surface area (TPSA) is 101 Å². The largest absolute Gasteiger partial charge is 0.550 e. The summed E-state index contributed by atoms with van der Waals surface area (Å²) >= 11 is 0. The molecule has 0 spiro atoms. The van der Waals surface area contributed by atoms with Gasteiger partial charge in [0.15, 0.2) is 0 Å². The number of amides is 1. The van der Waals surface area contributed by atoms with Crippen LogP contribution in [-0.2, 0) is 16.1 Å². The van der Waals surface area contributed by atoms with Gasteiger partial charge in [0, 0.05) is 31.4 Å². The first kappa shape index (κ1) is 13.1. The van der Waals surface area contributed by atoms with Crippen LogP contribution in [0, 0.1) is 5.92 Å². The molecule has 0 radical (unpaired) electrons. The second-order valence-corrected chi connectivity index (χ2v) is 4.48. The van der Waals surface area contributed by atoms with Crippen molar-refractivity contribution >= 4 is 17.8 Å². The summed E-state index contributed by atoms with van der Waals surface area (Å²) in [7, 11) is 0. The number of carboxylic acid groups (broad SMARTS) is 2. The number of carboxylic acids is 2. The molecule has 0 bridgehead atoms. The van der Waals surface area contributed by atoms with Gasteiger partial charge in [-0.3, -0.25) is 4.79 Å².